The van der Waals surface area contributed by atoms with Crippen LogP contribution in [0.5, 0.6) is 0 Å². The average Bonchev–Trinajstić information content (AvgIpc) is 2.90. The van der Waals surface area contributed by atoms with Gasteiger partial charge in [0.1, 0.15) is 0 Å². The third kappa shape index (κ3) is 4.55. The topological polar surface area (TPSA) is 21.3 Å². The fourth-order valence-corrected chi connectivity index (χ4v) is 3.76. The van der Waals surface area contributed by atoms with Gasteiger partial charge in [-0.05, 0) is 62.8 Å². The summed E-state index contributed by atoms with van der Waals surface area (Å²) in [5.41, 5.74) is 5.52. The maximum absolute atomic E-state index is 6.06. The van der Waals surface area contributed by atoms with Crippen LogP contribution in [0.3, 0.4) is 0 Å². The average molecular weight is 289 g/mol. The number of hydrogen-bond donors (Lipinski definition) is 1. The van der Waals surface area contributed by atoms with Gasteiger partial charge in [-0.2, -0.15) is 0 Å². The summed E-state index contributed by atoms with van der Waals surface area (Å²) in [5, 5.41) is 3.60. The fourth-order valence-electron chi connectivity index (χ4n) is 3.76. The van der Waals surface area contributed by atoms with Gasteiger partial charge in [-0.25, -0.2) is 0 Å². The van der Waals surface area contributed by atoms with Gasteiger partial charge in [0.15, 0.2) is 0 Å². The molecule has 0 saturated heterocycles. The summed E-state index contributed by atoms with van der Waals surface area (Å²) in [6.07, 6.45) is 5.49. The van der Waals surface area contributed by atoms with E-state index >= 15 is 0 Å². The maximum atomic E-state index is 6.06. The first-order valence-corrected chi connectivity index (χ1v) is 8.50. The van der Waals surface area contributed by atoms with Crippen molar-refractivity contribution in [2.24, 2.45) is 5.92 Å². The highest BCUT2D eigenvalue weighted by Crippen LogP contribution is 2.27. The number of benzene rings is 1. The predicted molar refractivity (Wildman–Crippen MR) is 89.8 cm³/mol. The second kappa shape index (κ2) is 7.95. The number of hydrogen-bond acceptors (Lipinski definition) is 2. The van der Waals surface area contributed by atoms with Gasteiger partial charge in [0.25, 0.3) is 0 Å². The van der Waals surface area contributed by atoms with Crippen molar-refractivity contribution in [3.8, 4) is 0 Å². The number of aryl methyl sites for hydroxylation is 3. The van der Waals surface area contributed by atoms with E-state index in [0.717, 1.165) is 25.7 Å². The van der Waals surface area contributed by atoms with Crippen LogP contribution in [-0.2, 0) is 4.74 Å². The van der Waals surface area contributed by atoms with E-state index in [9.17, 15) is 0 Å². The third-order valence-corrected chi connectivity index (χ3v) is 4.65. The molecule has 0 bridgehead atoms. The first kappa shape index (κ1) is 16.5. The summed E-state index contributed by atoms with van der Waals surface area (Å²) < 4.78 is 6.06. The number of rotatable bonds is 7. The summed E-state index contributed by atoms with van der Waals surface area (Å²) >= 11 is 0. The van der Waals surface area contributed by atoms with E-state index in [1.165, 1.54) is 47.9 Å². The summed E-state index contributed by atoms with van der Waals surface area (Å²) in [7, 11) is 0. The van der Waals surface area contributed by atoms with Gasteiger partial charge >= 0.3 is 0 Å². The Morgan fingerprint density at radius 3 is 2.33 bits per heavy atom. The van der Waals surface area contributed by atoms with Crippen LogP contribution in [0.4, 0.5) is 0 Å². The van der Waals surface area contributed by atoms with E-state index < -0.39 is 0 Å². The quantitative estimate of drug-likeness (QED) is 0.799. The molecule has 0 aliphatic heterocycles. The Kier molecular flexibility index (Phi) is 6.25. The van der Waals surface area contributed by atoms with E-state index in [4.69, 9.17) is 4.74 Å². The second-order valence-electron chi connectivity index (χ2n) is 6.61. The smallest absolute Gasteiger partial charge is 0.0661 e. The second-order valence-corrected chi connectivity index (χ2v) is 6.61. The zero-order chi connectivity index (χ0) is 15.2. The Balaban J connectivity index is 2.00. The van der Waals surface area contributed by atoms with E-state index in [-0.39, 0.29) is 0 Å². The van der Waals surface area contributed by atoms with Crippen LogP contribution in [0.2, 0.25) is 0 Å². The molecule has 1 fully saturated rings. The zero-order valence-corrected chi connectivity index (χ0v) is 14.2. The van der Waals surface area contributed by atoms with Crippen molar-refractivity contribution in [1.29, 1.82) is 0 Å². The zero-order valence-electron chi connectivity index (χ0n) is 14.2. The molecule has 0 aromatic heterocycles. The molecule has 2 heteroatoms. The molecule has 0 spiro atoms. The molecule has 0 radical (unpaired) electrons. The molecule has 0 heterocycles. The minimum Gasteiger partial charge on any atom is -0.379 e. The molecule has 21 heavy (non-hydrogen) atoms. The van der Waals surface area contributed by atoms with E-state index in [1.54, 1.807) is 0 Å². The van der Waals surface area contributed by atoms with Crippen molar-refractivity contribution < 1.29 is 4.74 Å². The number of nitrogens with one attached hydrogen (secondary N) is 1. The highest BCUT2D eigenvalue weighted by atomic mass is 16.5. The normalized spacial score (nSPS) is 17.3. The van der Waals surface area contributed by atoms with E-state index in [1.807, 2.05) is 0 Å². The lowest BCUT2D eigenvalue weighted by Crippen LogP contribution is -2.27. The number of likely N-dealkylation sites (N-methyl/N-ethyl adjacent to an activating group) is 1. The van der Waals surface area contributed by atoms with Gasteiger partial charge in [0.2, 0.25) is 0 Å². The van der Waals surface area contributed by atoms with Crippen LogP contribution < -0.4 is 5.32 Å². The molecule has 1 aromatic carbocycles. The van der Waals surface area contributed by atoms with E-state index in [2.05, 4.69) is 45.1 Å². The first-order chi connectivity index (χ1) is 10.1. The Morgan fingerprint density at radius 1 is 1.14 bits per heavy atom. The third-order valence-electron chi connectivity index (χ3n) is 4.65. The van der Waals surface area contributed by atoms with Crippen molar-refractivity contribution in [1.82, 2.24) is 5.32 Å². The molecular weight excluding hydrogens is 258 g/mol. The molecule has 2 rings (SSSR count). The summed E-state index contributed by atoms with van der Waals surface area (Å²) in [6.45, 7) is 11.5. The standard InChI is InChI=1S/C19H31NO/c1-5-20-18(13-21-12-17-8-6-7-9-17)19-15(3)10-14(2)11-16(19)4/h10-11,17-18,20H,5-9,12-13H2,1-4H3. The van der Waals surface area contributed by atoms with Gasteiger partial charge in [-0.1, -0.05) is 37.5 Å². The largest absolute Gasteiger partial charge is 0.379 e. The van der Waals surface area contributed by atoms with Gasteiger partial charge < -0.3 is 10.1 Å². The Bertz CT molecular complexity index is 426. The van der Waals surface area contributed by atoms with Crippen molar-refractivity contribution >= 4 is 0 Å². The predicted octanol–water partition coefficient (Wildman–Crippen LogP) is 4.47. The molecule has 1 aliphatic carbocycles. The van der Waals surface area contributed by atoms with Crippen molar-refractivity contribution in [2.45, 2.75) is 59.4 Å². The highest BCUT2D eigenvalue weighted by Gasteiger charge is 2.19. The molecule has 1 saturated carbocycles. The lowest BCUT2D eigenvalue weighted by molar-refractivity contribution is 0.0829. The molecule has 1 aliphatic rings. The van der Waals surface area contributed by atoms with Gasteiger partial charge in [-0.15, -0.1) is 0 Å². The summed E-state index contributed by atoms with van der Waals surface area (Å²) in [4.78, 5) is 0. The van der Waals surface area contributed by atoms with Crippen LogP contribution in [-0.4, -0.2) is 19.8 Å². The Labute approximate surface area is 130 Å². The molecule has 2 nitrogen and oxygen atoms in total. The lowest BCUT2D eigenvalue weighted by atomic mass is 9.94. The van der Waals surface area contributed by atoms with Crippen molar-refractivity contribution in [3.05, 3.63) is 34.4 Å². The van der Waals surface area contributed by atoms with Crippen LogP contribution >= 0.6 is 0 Å². The van der Waals surface area contributed by atoms with Crippen LogP contribution in [0.25, 0.3) is 0 Å². The number of ether oxygens (including phenoxy) is 1. The minimum atomic E-state index is 0.317. The van der Waals surface area contributed by atoms with Gasteiger partial charge in [0.05, 0.1) is 12.6 Å². The molecule has 1 unspecified atom stereocenters. The lowest BCUT2D eigenvalue weighted by Gasteiger charge is -2.24. The van der Waals surface area contributed by atoms with Crippen LogP contribution in [0, 0.1) is 26.7 Å². The minimum absolute atomic E-state index is 0.317. The van der Waals surface area contributed by atoms with Crippen molar-refractivity contribution in [2.75, 3.05) is 19.8 Å². The Hall–Kier alpha value is -0.860. The van der Waals surface area contributed by atoms with Crippen molar-refractivity contribution in [3.63, 3.8) is 0 Å². The molecule has 118 valence electrons. The van der Waals surface area contributed by atoms with Crippen LogP contribution in [0.15, 0.2) is 12.1 Å². The summed E-state index contributed by atoms with van der Waals surface area (Å²) in [5.74, 6) is 0.799. The van der Waals surface area contributed by atoms with Gasteiger partial charge in [0, 0.05) is 6.61 Å². The monoisotopic (exact) mass is 289 g/mol. The molecular formula is C19H31NO. The fraction of sp³-hybridized carbons (Fsp3) is 0.684. The first-order valence-electron chi connectivity index (χ1n) is 8.50. The maximum Gasteiger partial charge on any atom is 0.0661 e. The highest BCUT2D eigenvalue weighted by molar-refractivity contribution is 5.39. The molecule has 1 N–H and O–H groups in total. The molecule has 1 atom stereocenters. The molecule has 0 amide bonds. The Morgan fingerprint density at radius 2 is 1.76 bits per heavy atom. The van der Waals surface area contributed by atoms with E-state index in [0.29, 0.717) is 6.04 Å². The summed E-state index contributed by atoms with van der Waals surface area (Å²) in [6, 6.07) is 4.88. The SMILES string of the molecule is CCNC(COCC1CCCC1)c1c(C)cc(C)cc1C. The van der Waals surface area contributed by atoms with Gasteiger partial charge in [-0.3, -0.25) is 0 Å². The van der Waals surface area contributed by atoms with Crippen LogP contribution in [0.1, 0.15) is 60.9 Å². The molecule has 1 aromatic rings.